The summed E-state index contributed by atoms with van der Waals surface area (Å²) in [6.45, 7) is 2.87. The normalized spacial score (nSPS) is 18.8. The van der Waals surface area contributed by atoms with Gasteiger partial charge in [-0.1, -0.05) is 30.3 Å². The highest BCUT2D eigenvalue weighted by Crippen LogP contribution is 2.15. The Balaban J connectivity index is 1.52. The Morgan fingerprint density at radius 2 is 2.19 bits per heavy atom. The Hall–Kier alpha value is -1.59. The largest absolute Gasteiger partial charge is 0.356 e. The lowest BCUT2D eigenvalue weighted by atomic mass is 10.2. The summed E-state index contributed by atoms with van der Waals surface area (Å²) in [5.74, 6) is -0.0349. The number of likely N-dealkylation sites (tertiary alicyclic amines) is 1. The molecule has 21 heavy (non-hydrogen) atoms. The summed E-state index contributed by atoms with van der Waals surface area (Å²) >= 11 is 3.34. The van der Waals surface area contributed by atoms with Gasteiger partial charge in [0.1, 0.15) is 5.69 Å². The van der Waals surface area contributed by atoms with E-state index in [2.05, 4.69) is 55.4 Å². The van der Waals surface area contributed by atoms with Gasteiger partial charge in [0.25, 0.3) is 5.91 Å². The second-order valence-electron chi connectivity index (χ2n) is 5.41. The zero-order chi connectivity index (χ0) is 14.7. The van der Waals surface area contributed by atoms with E-state index in [0.717, 1.165) is 30.5 Å². The van der Waals surface area contributed by atoms with E-state index in [1.54, 1.807) is 12.3 Å². The van der Waals surface area contributed by atoms with Gasteiger partial charge in [-0.05, 0) is 34.0 Å². The van der Waals surface area contributed by atoms with Crippen molar-refractivity contribution in [2.75, 3.05) is 13.1 Å². The van der Waals surface area contributed by atoms with Gasteiger partial charge in [-0.2, -0.15) is 0 Å². The Labute approximate surface area is 132 Å². The van der Waals surface area contributed by atoms with Gasteiger partial charge in [0.15, 0.2) is 0 Å². The number of aromatic nitrogens is 1. The van der Waals surface area contributed by atoms with Crippen molar-refractivity contribution in [3.8, 4) is 0 Å². The van der Waals surface area contributed by atoms with Gasteiger partial charge in [-0.15, -0.1) is 0 Å². The Morgan fingerprint density at radius 3 is 2.90 bits per heavy atom. The Kier molecular flexibility index (Phi) is 4.41. The summed E-state index contributed by atoms with van der Waals surface area (Å²) in [4.78, 5) is 17.4. The smallest absolute Gasteiger partial charge is 0.267 e. The molecular formula is C16H18BrN3O. The first-order valence-electron chi connectivity index (χ1n) is 7.12. The summed E-state index contributed by atoms with van der Waals surface area (Å²) in [7, 11) is 0. The number of aromatic amines is 1. The fraction of sp³-hybridized carbons (Fsp3) is 0.312. The van der Waals surface area contributed by atoms with Gasteiger partial charge in [0, 0.05) is 36.3 Å². The standard InChI is InChI=1S/C16H18BrN3O/c17-13-8-15(18-9-13)16(21)19-14-6-7-20(11-14)10-12-4-2-1-3-5-12/h1-5,8-9,14,18H,6-7,10-11H2,(H,19,21)/t14-/m1/s1. The minimum absolute atomic E-state index is 0.0349. The van der Waals surface area contributed by atoms with Crippen LogP contribution in [-0.2, 0) is 6.54 Å². The van der Waals surface area contributed by atoms with Gasteiger partial charge < -0.3 is 10.3 Å². The molecular weight excluding hydrogens is 330 g/mol. The molecule has 4 nitrogen and oxygen atoms in total. The second-order valence-corrected chi connectivity index (χ2v) is 6.33. The van der Waals surface area contributed by atoms with E-state index >= 15 is 0 Å². The average molecular weight is 348 g/mol. The predicted octanol–water partition coefficient (Wildman–Crippen LogP) is 2.78. The Bertz CT molecular complexity index is 611. The van der Waals surface area contributed by atoms with Gasteiger partial charge in [-0.25, -0.2) is 0 Å². The minimum atomic E-state index is -0.0349. The number of carbonyl (C=O) groups is 1. The van der Waals surface area contributed by atoms with Crippen LogP contribution in [0.5, 0.6) is 0 Å². The lowest BCUT2D eigenvalue weighted by Crippen LogP contribution is -2.37. The number of amides is 1. The van der Waals surface area contributed by atoms with Gasteiger partial charge in [0.05, 0.1) is 0 Å². The molecule has 0 bridgehead atoms. The molecule has 1 amide bonds. The minimum Gasteiger partial charge on any atom is -0.356 e. The van der Waals surface area contributed by atoms with Crippen LogP contribution < -0.4 is 5.32 Å². The molecule has 0 saturated carbocycles. The lowest BCUT2D eigenvalue weighted by molar-refractivity contribution is 0.0933. The topological polar surface area (TPSA) is 48.1 Å². The first-order valence-corrected chi connectivity index (χ1v) is 7.91. The molecule has 2 heterocycles. The molecule has 2 N–H and O–H groups in total. The molecule has 110 valence electrons. The molecule has 0 radical (unpaired) electrons. The first kappa shape index (κ1) is 14.4. The zero-order valence-corrected chi connectivity index (χ0v) is 13.3. The van der Waals surface area contributed by atoms with Crippen molar-refractivity contribution in [2.24, 2.45) is 0 Å². The number of H-pyrrole nitrogens is 1. The molecule has 1 saturated heterocycles. The van der Waals surface area contributed by atoms with Crippen LogP contribution in [0.4, 0.5) is 0 Å². The van der Waals surface area contributed by atoms with Crippen molar-refractivity contribution in [1.82, 2.24) is 15.2 Å². The van der Waals surface area contributed by atoms with Crippen LogP contribution in [-0.4, -0.2) is 34.9 Å². The van der Waals surface area contributed by atoms with Gasteiger partial charge in [0.2, 0.25) is 0 Å². The maximum absolute atomic E-state index is 12.1. The van der Waals surface area contributed by atoms with Crippen LogP contribution in [0.15, 0.2) is 47.1 Å². The number of rotatable bonds is 4. The molecule has 1 aliphatic rings. The average Bonchev–Trinajstić information content (AvgIpc) is 3.09. The monoisotopic (exact) mass is 347 g/mol. The Morgan fingerprint density at radius 1 is 1.38 bits per heavy atom. The number of carbonyl (C=O) groups excluding carboxylic acids is 1. The van der Waals surface area contributed by atoms with Crippen molar-refractivity contribution in [1.29, 1.82) is 0 Å². The van der Waals surface area contributed by atoms with Crippen molar-refractivity contribution in [3.63, 3.8) is 0 Å². The number of nitrogens with one attached hydrogen (secondary N) is 2. The highest BCUT2D eigenvalue weighted by Gasteiger charge is 2.24. The third-order valence-corrected chi connectivity index (χ3v) is 4.21. The van der Waals surface area contributed by atoms with Crippen LogP contribution >= 0.6 is 15.9 Å². The molecule has 1 atom stereocenters. The van der Waals surface area contributed by atoms with E-state index in [9.17, 15) is 4.79 Å². The van der Waals surface area contributed by atoms with E-state index in [-0.39, 0.29) is 11.9 Å². The van der Waals surface area contributed by atoms with Crippen molar-refractivity contribution in [2.45, 2.75) is 19.0 Å². The van der Waals surface area contributed by atoms with E-state index in [1.807, 2.05) is 6.07 Å². The van der Waals surface area contributed by atoms with Gasteiger partial charge in [-0.3, -0.25) is 9.69 Å². The van der Waals surface area contributed by atoms with E-state index in [1.165, 1.54) is 5.56 Å². The highest BCUT2D eigenvalue weighted by molar-refractivity contribution is 9.10. The van der Waals surface area contributed by atoms with Gasteiger partial charge >= 0.3 is 0 Å². The van der Waals surface area contributed by atoms with Crippen LogP contribution in [0.25, 0.3) is 0 Å². The molecule has 2 aromatic rings. The molecule has 3 rings (SSSR count). The third-order valence-electron chi connectivity index (χ3n) is 3.75. The first-order chi connectivity index (χ1) is 10.2. The van der Waals surface area contributed by atoms with Crippen molar-refractivity contribution < 1.29 is 4.79 Å². The van der Waals surface area contributed by atoms with Crippen LogP contribution in [0.1, 0.15) is 22.5 Å². The fourth-order valence-electron chi connectivity index (χ4n) is 2.70. The van der Waals surface area contributed by atoms with Crippen LogP contribution in [0.2, 0.25) is 0 Å². The fourth-order valence-corrected chi connectivity index (χ4v) is 3.04. The summed E-state index contributed by atoms with van der Waals surface area (Å²) in [5.41, 5.74) is 1.92. The predicted molar refractivity (Wildman–Crippen MR) is 86.1 cm³/mol. The van der Waals surface area contributed by atoms with Crippen molar-refractivity contribution >= 4 is 21.8 Å². The lowest BCUT2D eigenvalue weighted by Gasteiger charge is -2.16. The molecule has 0 aliphatic carbocycles. The summed E-state index contributed by atoms with van der Waals surface area (Å²) in [6, 6.07) is 12.5. The number of nitrogens with zero attached hydrogens (tertiary/aromatic N) is 1. The molecule has 1 aromatic carbocycles. The zero-order valence-electron chi connectivity index (χ0n) is 11.7. The van der Waals surface area contributed by atoms with E-state index in [0.29, 0.717) is 5.69 Å². The molecule has 0 spiro atoms. The number of halogens is 1. The van der Waals surface area contributed by atoms with E-state index in [4.69, 9.17) is 0 Å². The second kappa shape index (κ2) is 6.45. The van der Waals surface area contributed by atoms with Crippen LogP contribution in [0, 0.1) is 0 Å². The number of hydrogen-bond acceptors (Lipinski definition) is 2. The highest BCUT2D eigenvalue weighted by atomic mass is 79.9. The maximum atomic E-state index is 12.1. The molecule has 5 heteroatoms. The third kappa shape index (κ3) is 3.74. The maximum Gasteiger partial charge on any atom is 0.267 e. The summed E-state index contributed by atoms with van der Waals surface area (Å²) in [5, 5.41) is 3.09. The number of hydrogen-bond donors (Lipinski definition) is 2. The quantitative estimate of drug-likeness (QED) is 0.893. The molecule has 1 aromatic heterocycles. The van der Waals surface area contributed by atoms with Crippen molar-refractivity contribution in [3.05, 3.63) is 58.3 Å². The number of benzene rings is 1. The molecule has 1 fully saturated rings. The molecule has 1 aliphatic heterocycles. The van der Waals surface area contributed by atoms with E-state index < -0.39 is 0 Å². The SMILES string of the molecule is O=C(N[C@@H]1CCN(Cc2ccccc2)C1)c1cc(Br)c[nH]1. The van der Waals surface area contributed by atoms with Crippen LogP contribution in [0.3, 0.4) is 0 Å². The summed E-state index contributed by atoms with van der Waals surface area (Å²) in [6.07, 6.45) is 2.77. The molecule has 0 unspecified atom stereocenters. The summed E-state index contributed by atoms with van der Waals surface area (Å²) < 4.78 is 0.893.